The van der Waals surface area contributed by atoms with Crippen molar-refractivity contribution in [1.29, 1.82) is 0 Å². The Bertz CT molecular complexity index is 582. The van der Waals surface area contributed by atoms with E-state index >= 15 is 0 Å². The molecule has 23 heavy (non-hydrogen) atoms. The Labute approximate surface area is 140 Å². The van der Waals surface area contributed by atoms with E-state index in [4.69, 9.17) is 25.8 Å². The minimum absolute atomic E-state index is 0.0181. The van der Waals surface area contributed by atoms with E-state index in [-0.39, 0.29) is 18.1 Å². The number of benzene rings is 1. The van der Waals surface area contributed by atoms with Gasteiger partial charge in [-0.25, -0.2) is 0 Å². The van der Waals surface area contributed by atoms with Crippen LogP contribution in [0.4, 0.5) is 0 Å². The third-order valence-corrected chi connectivity index (χ3v) is 4.71. The van der Waals surface area contributed by atoms with Gasteiger partial charge in [0, 0.05) is 24.6 Å². The van der Waals surface area contributed by atoms with E-state index in [1.54, 1.807) is 19.2 Å². The molecule has 2 aliphatic heterocycles. The van der Waals surface area contributed by atoms with Crippen molar-refractivity contribution in [3.8, 4) is 11.5 Å². The van der Waals surface area contributed by atoms with Crippen LogP contribution in [0.25, 0.3) is 0 Å². The average Bonchev–Trinajstić information content (AvgIpc) is 3.03. The van der Waals surface area contributed by atoms with Gasteiger partial charge in [-0.3, -0.25) is 4.79 Å². The number of carbonyl (C=O) groups is 1. The summed E-state index contributed by atoms with van der Waals surface area (Å²) < 4.78 is 15.9. The third-order valence-electron chi connectivity index (χ3n) is 4.43. The second-order valence-corrected chi connectivity index (χ2v) is 6.46. The third kappa shape index (κ3) is 3.54. The molecule has 6 nitrogen and oxygen atoms in total. The molecule has 3 rings (SSSR count). The number of hydrogen-bond donors (Lipinski definition) is 2. The number of halogens is 1. The van der Waals surface area contributed by atoms with E-state index < -0.39 is 0 Å². The van der Waals surface area contributed by atoms with Crippen LogP contribution in [0.5, 0.6) is 11.5 Å². The molecule has 7 heteroatoms. The van der Waals surface area contributed by atoms with Gasteiger partial charge in [0.2, 0.25) is 6.79 Å². The number of fused-ring (bicyclic) bond motifs is 1. The summed E-state index contributed by atoms with van der Waals surface area (Å²) >= 11 is 6.13. The zero-order valence-corrected chi connectivity index (χ0v) is 13.9. The van der Waals surface area contributed by atoms with Crippen LogP contribution in [-0.2, 0) is 4.74 Å². The van der Waals surface area contributed by atoms with Crippen molar-refractivity contribution in [1.82, 2.24) is 10.6 Å². The molecule has 2 aliphatic rings. The maximum absolute atomic E-state index is 12.5. The zero-order valence-electron chi connectivity index (χ0n) is 13.1. The molecule has 0 atom stereocenters. The molecule has 1 aromatic rings. The SMILES string of the molecule is COCC1(CNC(=O)c2cc(Cl)c3c(c2)OCO3)CCNCC1. The molecule has 0 radical (unpaired) electrons. The standard InChI is InChI=1S/C16H21ClN2O4/c1-21-9-16(2-4-18-5-3-16)8-19-15(20)11-6-12(17)14-13(7-11)22-10-23-14/h6-7,18H,2-5,8-10H2,1H3,(H,19,20). The topological polar surface area (TPSA) is 68.8 Å². The fraction of sp³-hybridized carbons (Fsp3) is 0.562. The molecule has 2 N–H and O–H groups in total. The number of piperidine rings is 1. The van der Waals surface area contributed by atoms with E-state index in [9.17, 15) is 4.79 Å². The summed E-state index contributed by atoms with van der Waals surface area (Å²) in [6.45, 7) is 3.22. The number of ether oxygens (including phenoxy) is 3. The highest BCUT2D eigenvalue weighted by atomic mass is 35.5. The summed E-state index contributed by atoms with van der Waals surface area (Å²) in [6.07, 6.45) is 1.95. The maximum Gasteiger partial charge on any atom is 0.251 e. The van der Waals surface area contributed by atoms with Crippen LogP contribution in [0.1, 0.15) is 23.2 Å². The molecule has 2 heterocycles. The van der Waals surface area contributed by atoms with Crippen LogP contribution in [-0.4, -0.2) is 46.1 Å². The van der Waals surface area contributed by atoms with Gasteiger partial charge < -0.3 is 24.8 Å². The van der Waals surface area contributed by atoms with E-state index in [0.717, 1.165) is 25.9 Å². The normalized spacial score (nSPS) is 18.7. The number of amides is 1. The molecule has 0 spiro atoms. The van der Waals surface area contributed by atoms with E-state index in [1.807, 2.05) is 0 Å². The summed E-state index contributed by atoms with van der Waals surface area (Å²) in [5.74, 6) is 0.841. The fourth-order valence-electron chi connectivity index (χ4n) is 3.10. The Morgan fingerprint density at radius 1 is 1.39 bits per heavy atom. The van der Waals surface area contributed by atoms with Gasteiger partial charge in [0.15, 0.2) is 11.5 Å². The molecular weight excluding hydrogens is 320 g/mol. The highest BCUT2D eigenvalue weighted by Crippen LogP contribution is 2.39. The molecule has 1 amide bonds. The molecule has 1 aromatic carbocycles. The van der Waals surface area contributed by atoms with Crippen LogP contribution in [0, 0.1) is 5.41 Å². The van der Waals surface area contributed by atoms with Gasteiger partial charge >= 0.3 is 0 Å². The summed E-state index contributed by atoms with van der Waals surface area (Å²) in [4.78, 5) is 12.5. The highest BCUT2D eigenvalue weighted by molar-refractivity contribution is 6.32. The number of methoxy groups -OCH3 is 1. The second kappa shape index (κ2) is 6.95. The molecule has 0 aliphatic carbocycles. The van der Waals surface area contributed by atoms with Crippen molar-refractivity contribution >= 4 is 17.5 Å². The molecule has 0 saturated carbocycles. The summed E-state index contributed by atoms with van der Waals surface area (Å²) in [7, 11) is 1.70. The smallest absolute Gasteiger partial charge is 0.251 e. The first-order valence-electron chi connectivity index (χ1n) is 7.71. The van der Waals surface area contributed by atoms with Crippen LogP contribution < -0.4 is 20.1 Å². The van der Waals surface area contributed by atoms with Crippen LogP contribution in [0.3, 0.4) is 0 Å². The first-order chi connectivity index (χ1) is 11.1. The number of nitrogens with one attached hydrogen (secondary N) is 2. The quantitative estimate of drug-likeness (QED) is 0.855. The Morgan fingerprint density at radius 3 is 2.91 bits per heavy atom. The number of hydrogen-bond acceptors (Lipinski definition) is 5. The first-order valence-corrected chi connectivity index (χ1v) is 8.08. The number of carbonyl (C=O) groups excluding carboxylic acids is 1. The van der Waals surface area contributed by atoms with E-state index in [0.29, 0.717) is 35.2 Å². The molecule has 126 valence electrons. The van der Waals surface area contributed by atoms with Gasteiger partial charge in [-0.05, 0) is 38.1 Å². The van der Waals surface area contributed by atoms with Crippen molar-refractivity contribution < 1.29 is 19.0 Å². The van der Waals surface area contributed by atoms with E-state index in [1.165, 1.54) is 0 Å². The molecule has 0 bridgehead atoms. The Kier molecular flexibility index (Phi) is 4.94. The van der Waals surface area contributed by atoms with Gasteiger partial charge in [-0.1, -0.05) is 11.6 Å². The van der Waals surface area contributed by atoms with Crippen LogP contribution >= 0.6 is 11.6 Å². The fourth-order valence-corrected chi connectivity index (χ4v) is 3.37. The van der Waals surface area contributed by atoms with Gasteiger partial charge in [-0.15, -0.1) is 0 Å². The maximum atomic E-state index is 12.5. The largest absolute Gasteiger partial charge is 0.454 e. The lowest BCUT2D eigenvalue weighted by atomic mass is 9.79. The predicted molar refractivity (Wildman–Crippen MR) is 86.3 cm³/mol. The van der Waals surface area contributed by atoms with Gasteiger partial charge in [0.25, 0.3) is 5.91 Å². The van der Waals surface area contributed by atoms with Crippen LogP contribution in [0.15, 0.2) is 12.1 Å². The Hall–Kier alpha value is -1.50. The minimum atomic E-state index is -0.167. The van der Waals surface area contributed by atoms with E-state index in [2.05, 4.69) is 10.6 Å². The molecule has 0 unspecified atom stereocenters. The zero-order chi connectivity index (χ0) is 16.3. The molecular formula is C16H21ClN2O4. The summed E-state index contributed by atoms with van der Waals surface area (Å²) in [5.41, 5.74) is 0.455. The van der Waals surface area contributed by atoms with Crippen molar-refractivity contribution in [2.75, 3.05) is 40.1 Å². The van der Waals surface area contributed by atoms with Crippen molar-refractivity contribution in [2.45, 2.75) is 12.8 Å². The van der Waals surface area contributed by atoms with Gasteiger partial charge in [0.05, 0.1) is 11.6 Å². The van der Waals surface area contributed by atoms with Gasteiger partial charge in [-0.2, -0.15) is 0 Å². The van der Waals surface area contributed by atoms with Crippen molar-refractivity contribution in [2.24, 2.45) is 5.41 Å². The Balaban J connectivity index is 1.68. The first kappa shape index (κ1) is 16.4. The monoisotopic (exact) mass is 340 g/mol. The summed E-state index contributed by atoms with van der Waals surface area (Å²) in [6, 6.07) is 3.27. The Morgan fingerprint density at radius 2 is 2.17 bits per heavy atom. The van der Waals surface area contributed by atoms with Gasteiger partial charge in [0.1, 0.15) is 0 Å². The lowest BCUT2D eigenvalue weighted by Crippen LogP contribution is -2.47. The molecule has 0 aromatic heterocycles. The average molecular weight is 341 g/mol. The van der Waals surface area contributed by atoms with Crippen molar-refractivity contribution in [3.05, 3.63) is 22.7 Å². The second-order valence-electron chi connectivity index (χ2n) is 6.06. The lowest BCUT2D eigenvalue weighted by Gasteiger charge is -2.37. The highest BCUT2D eigenvalue weighted by Gasteiger charge is 2.32. The predicted octanol–water partition coefficient (Wildman–Crippen LogP) is 1.81. The van der Waals surface area contributed by atoms with Crippen LogP contribution in [0.2, 0.25) is 5.02 Å². The lowest BCUT2D eigenvalue weighted by molar-refractivity contribution is 0.0511. The number of rotatable bonds is 5. The minimum Gasteiger partial charge on any atom is -0.454 e. The summed E-state index contributed by atoms with van der Waals surface area (Å²) in [5, 5.41) is 6.74. The molecule has 1 saturated heterocycles. The molecule has 1 fully saturated rings. The van der Waals surface area contributed by atoms with Crippen molar-refractivity contribution in [3.63, 3.8) is 0 Å².